The quantitative estimate of drug-likeness (QED) is 0.396. The maximum atomic E-state index is 11.4. The Labute approximate surface area is 152 Å². The first kappa shape index (κ1) is 19.2. The van der Waals surface area contributed by atoms with Crippen LogP contribution in [0.1, 0.15) is 36.5 Å². The van der Waals surface area contributed by atoms with Gasteiger partial charge in [-0.3, -0.25) is 10.1 Å². The van der Waals surface area contributed by atoms with Crippen molar-refractivity contribution in [3.8, 4) is 11.5 Å². The van der Waals surface area contributed by atoms with Crippen LogP contribution in [0.5, 0.6) is 11.5 Å². The summed E-state index contributed by atoms with van der Waals surface area (Å²) in [6.45, 7) is 2.94. The van der Waals surface area contributed by atoms with Gasteiger partial charge in [0.2, 0.25) is 0 Å². The summed E-state index contributed by atoms with van der Waals surface area (Å²) >= 11 is 0. The Morgan fingerprint density at radius 2 is 1.85 bits per heavy atom. The first-order valence-corrected chi connectivity index (χ1v) is 8.42. The summed E-state index contributed by atoms with van der Waals surface area (Å²) < 4.78 is 5.71. The van der Waals surface area contributed by atoms with Crippen LogP contribution in [0.3, 0.4) is 0 Å². The third kappa shape index (κ3) is 5.20. The molecule has 0 unspecified atom stereocenters. The van der Waals surface area contributed by atoms with Crippen molar-refractivity contribution in [3.05, 3.63) is 58.1 Å². The molecule has 2 aromatic rings. The monoisotopic (exact) mass is 358 g/mol. The van der Waals surface area contributed by atoms with Crippen LogP contribution in [0.25, 0.3) is 0 Å². The summed E-state index contributed by atoms with van der Waals surface area (Å²) in [5.74, 6) is -0.267. The normalized spacial score (nSPS) is 10.4. The minimum absolute atomic E-state index is 0.0343. The third-order valence-corrected chi connectivity index (χ3v) is 3.96. The van der Waals surface area contributed by atoms with Gasteiger partial charge in [0, 0.05) is 37.5 Å². The van der Waals surface area contributed by atoms with Gasteiger partial charge in [0.15, 0.2) is 0 Å². The van der Waals surface area contributed by atoms with E-state index in [1.54, 1.807) is 12.1 Å². The number of nitro groups is 1. The second-order valence-electron chi connectivity index (χ2n) is 6.00. The minimum Gasteiger partial charge on any atom is -0.478 e. The lowest BCUT2D eigenvalue weighted by Crippen LogP contribution is -2.19. The van der Waals surface area contributed by atoms with E-state index in [1.165, 1.54) is 30.3 Å². The Bertz CT molecular complexity index is 774. The number of anilines is 1. The molecule has 0 saturated heterocycles. The van der Waals surface area contributed by atoms with Gasteiger partial charge in [-0.05, 0) is 30.7 Å². The molecule has 7 heteroatoms. The lowest BCUT2D eigenvalue weighted by molar-refractivity contribution is -0.384. The number of unbranched alkanes of at least 4 members (excludes halogenated alkanes) is 2. The largest absolute Gasteiger partial charge is 0.478 e. The summed E-state index contributed by atoms with van der Waals surface area (Å²) in [7, 11) is 1.91. The van der Waals surface area contributed by atoms with Gasteiger partial charge in [0.25, 0.3) is 5.69 Å². The van der Waals surface area contributed by atoms with Gasteiger partial charge in [0.05, 0.1) is 10.5 Å². The molecule has 26 heavy (non-hydrogen) atoms. The molecule has 0 spiro atoms. The SMILES string of the molecule is CCCCCN(C)c1cc(Oc2ccc([N+](=O)[O-])cc2)cc(C(=O)O)c1. The first-order valence-electron chi connectivity index (χ1n) is 8.42. The van der Waals surface area contributed by atoms with Gasteiger partial charge in [0.1, 0.15) is 11.5 Å². The molecule has 0 aliphatic rings. The highest BCUT2D eigenvalue weighted by Crippen LogP contribution is 2.29. The molecule has 0 aromatic heterocycles. The molecule has 2 rings (SSSR count). The number of rotatable bonds is 9. The summed E-state index contributed by atoms with van der Waals surface area (Å²) in [5, 5.41) is 20.1. The van der Waals surface area contributed by atoms with Gasteiger partial charge < -0.3 is 14.7 Å². The van der Waals surface area contributed by atoms with Crippen LogP contribution in [0, 0.1) is 10.1 Å². The van der Waals surface area contributed by atoms with Crippen molar-refractivity contribution in [1.82, 2.24) is 0 Å². The maximum absolute atomic E-state index is 11.4. The Morgan fingerprint density at radius 3 is 2.42 bits per heavy atom. The fourth-order valence-corrected chi connectivity index (χ4v) is 2.49. The van der Waals surface area contributed by atoms with Crippen molar-refractivity contribution < 1.29 is 19.6 Å². The molecule has 2 aromatic carbocycles. The van der Waals surface area contributed by atoms with E-state index in [0.29, 0.717) is 11.5 Å². The third-order valence-electron chi connectivity index (χ3n) is 3.96. The molecule has 0 radical (unpaired) electrons. The standard InChI is InChI=1S/C19H22N2O5/c1-3-4-5-10-20(2)16-11-14(19(22)23)12-18(13-16)26-17-8-6-15(7-9-17)21(24)25/h6-9,11-13H,3-5,10H2,1-2H3,(H,22,23). The zero-order valence-corrected chi connectivity index (χ0v) is 14.8. The Morgan fingerprint density at radius 1 is 1.15 bits per heavy atom. The van der Waals surface area contributed by atoms with Crippen LogP contribution in [-0.2, 0) is 0 Å². The fraction of sp³-hybridized carbons (Fsp3) is 0.316. The van der Waals surface area contributed by atoms with Crippen LogP contribution < -0.4 is 9.64 Å². The summed E-state index contributed by atoms with van der Waals surface area (Å²) in [6.07, 6.45) is 3.23. The second kappa shape index (κ2) is 8.84. The maximum Gasteiger partial charge on any atom is 0.335 e. The number of carboxylic acid groups (broad SMARTS) is 1. The van der Waals surface area contributed by atoms with Crippen LogP contribution in [0.15, 0.2) is 42.5 Å². The van der Waals surface area contributed by atoms with E-state index in [2.05, 4.69) is 6.92 Å². The number of carboxylic acids is 1. The smallest absolute Gasteiger partial charge is 0.335 e. The van der Waals surface area contributed by atoms with Crippen molar-refractivity contribution in [1.29, 1.82) is 0 Å². The van der Waals surface area contributed by atoms with Gasteiger partial charge in [-0.25, -0.2) is 4.79 Å². The van der Waals surface area contributed by atoms with Crippen molar-refractivity contribution in [2.24, 2.45) is 0 Å². The van der Waals surface area contributed by atoms with E-state index in [1.807, 2.05) is 11.9 Å². The first-order chi connectivity index (χ1) is 12.4. The number of carbonyl (C=O) groups is 1. The van der Waals surface area contributed by atoms with E-state index in [9.17, 15) is 20.0 Å². The molecule has 0 fully saturated rings. The number of nitrogens with zero attached hydrogens (tertiary/aromatic N) is 2. The molecular formula is C19H22N2O5. The van der Waals surface area contributed by atoms with E-state index in [4.69, 9.17) is 4.74 Å². The van der Waals surface area contributed by atoms with Crippen molar-refractivity contribution >= 4 is 17.3 Å². The van der Waals surface area contributed by atoms with E-state index in [0.717, 1.165) is 31.5 Å². The van der Waals surface area contributed by atoms with Crippen molar-refractivity contribution in [3.63, 3.8) is 0 Å². The molecule has 0 aliphatic heterocycles. The Kier molecular flexibility index (Phi) is 6.54. The highest BCUT2D eigenvalue weighted by Gasteiger charge is 2.12. The number of aromatic carboxylic acids is 1. The average Bonchev–Trinajstić information content (AvgIpc) is 2.62. The van der Waals surface area contributed by atoms with Crippen LogP contribution in [0.4, 0.5) is 11.4 Å². The molecule has 0 saturated carbocycles. The van der Waals surface area contributed by atoms with E-state index >= 15 is 0 Å². The fourth-order valence-electron chi connectivity index (χ4n) is 2.49. The highest BCUT2D eigenvalue weighted by atomic mass is 16.6. The molecule has 0 heterocycles. The molecule has 138 valence electrons. The predicted octanol–water partition coefficient (Wildman–Crippen LogP) is 4.71. The number of hydrogen-bond donors (Lipinski definition) is 1. The van der Waals surface area contributed by atoms with Crippen LogP contribution in [-0.4, -0.2) is 29.6 Å². The topological polar surface area (TPSA) is 92.9 Å². The van der Waals surface area contributed by atoms with Gasteiger partial charge in [-0.15, -0.1) is 0 Å². The summed E-state index contributed by atoms with van der Waals surface area (Å²) in [4.78, 5) is 23.6. The molecular weight excluding hydrogens is 336 g/mol. The number of non-ortho nitro benzene ring substituents is 1. The van der Waals surface area contributed by atoms with Crippen LogP contribution >= 0.6 is 0 Å². The van der Waals surface area contributed by atoms with Crippen LogP contribution in [0.2, 0.25) is 0 Å². The summed E-state index contributed by atoms with van der Waals surface area (Å²) in [6, 6.07) is 10.5. The van der Waals surface area contributed by atoms with Gasteiger partial charge in [-0.1, -0.05) is 19.8 Å². The molecule has 0 atom stereocenters. The van der Waals surface area contributed by atoms with E-state index < -0.39 is 10.9 Å². The van der Waals surface area contributed by atoms with Crippen molar-refractivity contribution in [2.45, 2.75) is 26.2 Å². The molecule has 0 aliphatic carbocycles. The zero-order chi connectivity index (χ0) is 19.1. The lowest BCUT2D eigenvalue weighted by Gasteiger charge is -2.20. The Hall–Kier alpha value is -3.09. The second-order valence-corrected chi connectivity index (χ2v) is 6.00. The van der Waals surface area contributed by atoms with E-state index in [-0.39, 0.29) is 11.3 Å². The number of ether oxygens (including phenoxy) is 1. The highest BCUT2D eigenvalue weighted by molar-refractivity contribution is 5.89. The molecule has 7 nitrogen and oxygen atoms in total. The van der Waals surface area contributed by atoms with Gasteiger partial charge in [-0.2, -0.15) is 0 Å². The predicted molar refractivity (Wildman–Crippen MR) is 99.4 cm³/mol. The minimum atomic E-state index is -1.04. The number of hydrogen-bond acceptors (Lipinski definition) is 5. The lowest BCUT2D eigenvalue weighted by atomic mass is 10.1. The molecule has 1 N–H and O–H groups in total. The zero-order valence-electron chi connectivity index (χ0n) is 14.8. The summed E-state index contributed by atoms with van der Waals surface area (Å²) in [5.41, 5.74) is 0.840. The Balaban J connectivity index is 2.23. The molecule has 0 amide bonds. The molecule has 0 bridgehead atoms. The van der Waals surface area contributed by atoms with Crippen molar-refractivity contribution in [2.75, 3.05) is 18.5 Å². The average molecular weight is 358 g/mol. The number of nitro benzene ring substituents is 1. The van der Waals surface area contributed by atoms with Gasteiger partial charge >= 0.3 is 5.97 Å². The number of benzene rings is 2.